The van der Waals surface area contributed by atoms with Crippen molar-refractivity contribution in [1.82, 2.24) is 0 Å². The molecule has 5 rings (SSSR count). The Hall–Kier alpha value is -4.38. The molecule has 0 unspecified atom stereocenters. The van der Waals surface area contributed by atoms with Crippen LogP contribution in [0.15, 0.2) is 66.7 Å². The van der Waals surface area contributed by atoms with Crippen molar-refractivity contribution in [3.8, 4) is 34.1 Å². The quantitative estimate of drug-likeness (QED) is 0.106. The van der Waals surface area contributed by atoms with Gasteiger partial charge in [-0.15, -0.1) is 0 Å². The molecule has 0 atom stereocenters. The lowest BCUT2D eigenvalue weighted by Gasteiger charge is -2.12. The molecule has 0 N–H and O–H groups in total. The first-order valence-corrected chi connectivity index (χ1v) is 13.2. The molecule has 0 aliphatic heterocycles. The lowest BCUT2D eigenvalue weighted by molar-refractivity contribution is -0.0696. The van der Waals surface area contributed by atoms with Crippen LogP contribution in [0.1, 0.15) is 37.3 Å². The number of hydrogen-bond acceptors (Lipinski definition) is 0. The summed E-state index contributed by atoms with van der Waals surface area (Å²) in [5.41, 5.74) is 0.0381. The highest BCUT2D eigenvalue weighted by Crippen LogP contribution is 2.37. The zero-order chi connectivity index (χ0) is 30.2. The van der Waals surface area contributed by atoms with Gasteiger partial charge in [0.05, 0.1) is 11.1 Å². The van der Waals surface area contributed by atoms with Crippen molar-refractivity contribution in [1.29, 1.82) is 0 Å². The summed E-state index contributed by atoms with van der Waals surface area (Å²) in [6, 6.07) is 14.6. The molecule has 42 heavy (non-hydrogen) atoms. The molecule has 0 aliphatic rings. The van der Waals surface area contributed by atoms with Gasteiger partial charge < -0.3 is 0 Å². The lowest BCUT2D eigenvalue weighted by atomic mass is 9.94. The monoisotopic (exact) mass is 582 g/mol. The first kappa shape index (κ1) is 29.1. The van der Waals surface area contributed by atoms with Gasteiger partial charge in [0.2, 0.25) is 0 Å². The number of fused-ring (bicyclic) bond motifs is 2. The first-order valence-electron chi connectivity index (χ1n) is 13.2. The van der Waals surface area contributed by atoms with Gasteiger partial charge in [0.25, 0.3) is 0 Å². The van der Waals surface area contributed by atoms with E-state index in [1.807, 2.05) is 6.07 Å². The molecule has 0 saturated carbocycles. The molecule has 0 radical (unpaired) electrons. The van der Waals surface area contributed by atoms with Crippen molar-refractivity contribution in [2.45, 2.75) is 38.8 Å². The van der Waals surface area contributed by atoms with E-state index in [9.17, 15) is 26.3 Å². The molecule has 5 aromatic rings. The smallest absolute Gasteiger partial charge is 0.206 e. The second-order valence-electron chi connectivity index (χ2n) is 9.99. The van der Waals surface area contributed by atoms with Gasteiger partial charge in [0.1, 0.15) is 29.1 Å². The fourth-order valence-corrected chi connectivity index (χ4v) is 5.02. The van der Waals surface area contributed by atoms with Crippen LogP contribution in [-0.2, 0) is 6.42 Å². The van der Waals surface area contributed by atoms with Gasteiger partial charge in [-0.05, 0) is 70.6 Å². The molecule has 0 aromatic heterocycles. The predicted molar refractivity (Wildman–Crippen MR) is 148 cm³/mol. The van der Waals surface area contributed by atoms with Gasteiger partial charge in [-0.25, -0.2) is 22.0 Å². The molecule has 0 spiro atoms. The molecule has 5 aromatic carbocycles. The second kappa shape index (κ2) is 11.5. The average molecular weight is 583 g/mol. The Bertz CT molecular complexity index is 1890. The second-order valence-corrected chi connectivity index (χ2v) is 9.99. The van der Waals surface area contributed by atoms with E-state index in [-0.39, 0.29) is 27.1 Å². The van der Waals surface area contributed by atoms with Crippen LogP contribution in [-0.4, -0.2) is 6.18 Å². The van der Waals surface area contributed by atoms with E-state index in [4.69, 9.17) is 0 Å². The number of hydrogen-bond donors (Lipinski definition) is 0. The van der Waals surface area contributed by atoms with Gasteiger partial charge >= 0.3 is 6.18 Å². The van der Waals surface area contributed by atoms with Crippen LogP contribution < -0.4 is 0 Å². The number of benzene rings is 5. The van der Waals surface area contributed by atoms with E-state index in [2.05, 4.69) is 6.92 Å². The summed E-state index contributed by atoms with van der Waals surface area (Å²) in [5, 5.41) is -0.162. The highest BCUT2D eigenvalue weighted by Gasteiger charge is 2.24. The molecule has 0 amide bonds. The Balaban J connectivity index is 1.53. The fraction of sp³-hybridized carbons (Fsp3) is 0.176. The largest absolute Gasteiger partial charge is 0.458 e. The number of alkyl halides is 3. The lowest BCUT2D eigenvalue weighted by Crippen LogP contribution is -2.02. The van der Waals surface area contributed by atoms with Gasteiger partial charge in [-0.1, -0.05) is 62.1 Å². The molecule has 0 heterocycles. The molecule has 214 valence electrons. The molecular formula is C34H22F8. The SMILES string of the molecule is CCCCCc1ccc(-c2ccc3c(F)c(-c4ccc5c(F)c(C#CC(F)(F)F)c(F)cc5c4)c(F)cc3c2)c(F)c1. The number of halogens is 8. The minimum Gasteiger partial charge on any atom is -0.206 e. The first-order chi connectivity index (χ1) is 20.0. The Morgan fingerprint density at radius 3 is 1.95 bits per heavy atom. The van der Waals surface area contributed by atoms with Crippen molar-refractivity contribution in [3.63, 3.8) is 0 Å². The Morgan fingerprint density at radius 1 is 0.643 bits per heavy atom. The van der Waals surface area contributed by atoms with Gasteiger partial charge in [-0.3, -0.25) is 0 Å². The van der Waals surface area contributed by atoms with Crippen LogP contribution in [0.2, 0.25) is 0 Å². The molecule has 0 saturated heterocycles. The predicted octanol–water partition coefficient (Wildman–Crippen LogP) is 10.7. The summed E-state index contributed by atoms with van der Waals surface area (Å²) in [7, 11) is 0. The number of aryl methyl sites for hydroxylation is 1. The van der Waals surface area contributed by atoms with Crippen LogP contribution in [0.5, 0.6) is 0 Å². The average Bonchev–Trinajstić information content (AvgIpc) is 2.92. The molecule has 0 fully saturated rings. The molecule has 0 bridgehead atoms. The van der Waals surface area contributed by atoms with E-state index in [1.54, 1.807) is 6.07 Å². The molecular weight excluding hydrogens is 560 g/mol. The maximum absolute atomic E-state index is 15.7. The normalized spacial score (nSPS) is 11.6. The summed E-state index contributed by atoms with van der Waals surface area (Å²) >= 11 is 0. The Morgan fingerprint density at radius 2 is 1.29 bits per heavy atom. The summed E-state index contributed by atoms with van der Waals surface area (Å²) in [4.78, 5) is 0. The zero-order valence-corrected chi connectivity index (χ0v) is 22.2. The van der Waals surface area contributed by atoms with E-state index < -0.39 is 46.4 Å². The van der Waals surface area contributed by atoms with Crippen LogP contribution in [0.4, 0.5) is 35.1 Å². The highest BCUT2D eigenvalue weighted by atomic mass is 19.4. The van der Waals surface area contributed by atoms with E-state index >= 15 is 8.78 Å². The number of unbranched alkanes of at least 4 members (excludes halogenated alkanes) is 2. The summed E-state index contributed by atoms with van der Waals surface area (Å²) in [5.74, 6) is -2.70. The molecule has 0 aliphatic carbocycles. The van der Waals surface area contributed by atoms with Crippen LogP contribution in [0, 0.1) is 40.9 Å². The standard InChI is InChI=1S/C34H22F8/c1-2-3-4-5-19-6-9-24(28(35)14-19)20-7-10-26-22(15-20)18-30(37)31(33(26)39)21-8-11-25-23(16-21)17-29(36)27(32(25)38)12-13-34(40,41)42/h6-11,14-18H,2-5H2,1H3. The summed E-state index contributed by atoms with van der Waals surface area (Å²) < 4.78 is 113. The third-order valence-electron chi connectivity index (χ3n) is 7.09. The van der Waals surface area contributed by atoms with Crippen molar-refractivity contribution in [2.24, 2.45) is 0 Å². The minimum absolute atomic E-state index is 0.0406. The minimum atomic E-state index is -4.95. The van der Waals surface area contributed by atoms with Gasteiger partial charge in [0.15, 0.2) is 0 Å². The molecule has 8 heteroatoms. The van der Waals surface area contributed by atoms with E-state index in [0.29, 0.717) is 11.1 Å². The molecule has 0 nitrogen and oxygen atoms in total. The van der Waals surface area contributed by atoms with Crippen molar-refractivity contribution in [3.05, 3.63) is 107 Å². The Labute approximate surface area is 236 Å². The van der Waals surface area contributed by atoms with Crippen molar-refractivity contribution < 1.29 is 35.1 Å². The Kier molecular flexibility index (Phi) is 7.96. The maximum Gasteiger partial charge on any atom is 0.458 e. The topological polar surface area (TPSA) is 0 Å². The van der Waals surface area contributed by atoms with Crippen molar-refractivity contribution in [2.75, 3.05) is 0 Å². The highest BCUT2D eigenvalue weighted by molar-refractivity contribution is 5.94. The third kappa shape index (κ3) is 5.82. The van der Waals surface area contributed by atoms with Crippen molar-refractivity contribution >= 4 is 21.5 Å². The summed E-state index contributed by atoms with van der Waals surface area (Å²) in [6.07, 6.45) is -1.15. The fourth-order valence-electron chi connectivity index (χ4n) is 5.02. The van der Waals surface area contributed by atoms with Gasteiger partial charge in [0, 0.05) is 22.3 Å². The van der Waals surface area contributed by atoms with Crippen LogP contribution in [0.25, 0.3) is 43.8 Å². The zero-order valence-electron chi connectivity index (χ0n) is 22.2. The van der Waals surface area contributed by atoms with E-state index in [1.165, 1.54) is 36.3 Å². The number of rotatable bonds is 6. The van der Waals surface area contributed by atoms with E-state index in [0.717, 1.165) is 61.4 Å². The maximum atomic E-state index is 15.7. The van der Waals surface area contributed by atoms with Gasteiger partial charge in [-0.2, -0.15) is 13.2 Å². The van der Waals surface area contributed by atoms with Crippen LogP contribution in [0.3, 0.4) is 0 Å². The van der Waals surface area contributed by atoms with Crippen LogP contribution >= 0.6 is 0 Å². The third-order valence-corrected chi connectivity index (χ3v) is 7.09. The summed E-state index contributed by atoms with van der Waals surface area (Å²) in [6.45, 7) is 2.08.